The highest BCUT2D eigenvalue weighted by molar-refractivity contribution is 6.07. The van der Waals surface area contributed by atoms with Crippen molar-refractivity contribution >= 4 is 23.8 Å². The average molecular weight is 607 g/mol. The number of carbonyl (C=O) groups is 3. The summed E-state index contributed by atoms with van der Waals surface area (Å²) in [5.41, 5.74) is 5.23. The van der Waals surface area contributed by atoms with Crippen molar-refractivity contribution < 1.29 is 23.5 Å². The maximum Gasteiger partial charge on any atom is 0.256 e. The number of piperidine rings is 2. The van der Waals surface area contributed by atoms with Gasteiger partial charge in [0.05, 0.1) is 30.0 Å². The molecule has 2 amide bonds. The number of piperazine rings is 1. The zero-order valence-electron chi connectivity index (χ0n) is 25.5. The van der Waals surface area contributed by atoms with Crippen molar-refractivity contribution in [1.29, 1.82) is 0 Å². The number of hydrazone groups is 1. The number of amides is 2. The summed E-state index contributed by atoms with van der Waals surface area (Å²) >= 11 is 0. The van der Waals surface area contributed by atoms with E-state index in [4.69, 9.17) is 4.74 Å². The van der Waals surface area contributed by atoms with Gasteiger partial charge in [-0.15, -0.1) is 0 Å². The number of likely N-dealkylation sites (tertiary alicyclic amines) is 1. The summed E-state index contributed by atoms with van der Waals surface area (Å²) in [6.07, 6.45) is 5.71. The van der Waals surface area contributed by atoms with Crippen LogP contribution in [-0.2, 0) is 16.0 Å². The Morgan fingerprint density at radius 1 is 0.955 bits per heavy atom. The van der Waals surface area contributed by atoms with Crippen LogP contribution in [-0.4, -0.2) is 117 Å². The predicted molar refractivity (Wildman–Crippen MR) is 166 cm³/mol. The fraction of sp³-hybridized carbons (Fsp3) is 0.515. The number of benzene rings is 2. The predicted octanol–water partition coefficient (Wildman–Crippen LogP) is 2.32. The smallest absolute Gasteiger partial charge is 0.256 e. The summed E-state index contributed by atoms with van der Waals surface area (Å²) < 4.78 is 21.2. The molecule has 2 N–H and O–H groups in total. The molecule has 3 saturated heterocycles. The van der Waals surface area contributed by atoms with E-state index >= 15 is 0 Å². The number of rotatable bonds is 10. The fourth-order valence-electron chi connectivity index (χ4n) is 6.26. The van der Waals surface area contributed by atoms with Crippen molar-refractivity contribution in [2.75, 3.05) is 66.0 Å². The minimum atomic E-state index is -0.592. The number of nitrogens with one attached hydrogen (secondary N) is 2. The molecule has 0 radical (unpaired) electrons. The summed E-state index contributed by atoms with van der Waals surface area (Å²) in [6, 6.07) is 11.6. The normalized spacial score (nSPS) is 19.2. The van der Waals surface area contributed by atoms with Gasteiger partial charge in [0.1, 0.15) is 5.82 Å². The van der Waals surface area contributed by atoms with Gasteiger partial charge in [-0.3, -0.25) is 19.3 Å². The van der Waals surface area contributed by atoms with Crippen LogP contribution in [0.2, 0.25) is 0 Å². The highest BCUT2D eigenvalue weighted by Crippen LogP contribution is 2.21. The number of nitrogens with zero attached hydrogens (tertiary/aromatic N) is 4. The minimum absolute atomic E-state index is 0.00987. The Morgan fingerprint density at radius 3 is 2.34 bits per heavy atom. The van der Waals surface area contributed by atoms with Gasteiger partial charge in [0.25, 0.3) is 5.91 Å². The monoisotopic (exact) mass is 606 g/mol. The van der Waals surface area contributed by atoms with E-state index < -0.39 is 11.7 Å². The lowest BCUT2D eigenvalue weighted by molar-refractivity contribution is -0.135. The maximum atomic E-state index is 14.9. The Balaban J connectivity index is 1.12. The molecule has 0 bridgehead atoms. The van der Waals surface area contributed by atoms with Gasteiger partial charge < -0.3 is 25.3 Å². The van der Waals surface area contributed by atoms with Crippen molar-refractivity contribution in [3.05, 3.63) is 70.5 Å². The van der Waals surface area contributed by atoms with Crippen LogP contribution in [0.3, 0.4) is 0 Å². The van der Waals surface area contributed by atoms with Crippen LogP contribution >= 0.6 is 0 Å². The van der Waals surface area contributed by atoms with E-state index in [1.807, 2.05) is 12.1 Å². The third-order valence-corrected chi connectivity index (χ3v) is 8.76. The van der Waals surface area contributed by atoms with Crippen LogP contribution in [0.15, 0.2) is 47.6 Å². The van der Waals surface area contributed by atoms with Gasteiger partial charge in [0.15, 0.2) is 6.29 Å². The first kappa shape index (κ1) is 31.7. The molecule has 3 aliphatic rings. The summed E-state index contributed by atoms with van der Waals surface area (Å²) in [4.78, 5) is 43.7. The van der Waals surface area contributed by atoms with Crippen LogP contribution in [0.25, 0.3) is 0 Å². The third-order valence-electron chi connectivity index (χ3n) is 8.76. The Kier molecular flexibility index (Phi) is 11.1. The van der Waals surface area contributed by atoms with E-state index in [9.17, 15) is 18.8 Å². The van der Waals surface area contributed by atoms with E-state index in [2.05, 4.69) is 20.7 Å². The summed E-state index contributed by atoms with van der Waals surface area (Å²) in [6.45, 7) is 5.63. The molecule has 0 atom stereocenters. The van der Waals surface area contributed by atoms with Crippen LogP contribution in [0, 0.1) is 5.82 Å². The Hall–Kier alpha value is -3.67. The van der Waals surface area contributed by atoms with E-state index in [1.54, 1.807) is 41.1 Å². The second kappa shape index (κ2) is 15.4. The molecular weight excluding hydrogens is 563 g/mol. The largest absolute Gasteiger partial charge is 0.375 e. The lowest BCUT2D eigenvalue weighted by Gasteiger charge is -2.38. The molecule has 0 aromatic heterocycles. The van der Waals surface area contributed by atoms with E-state index in [0.29, 0.717) is 67.7 Å². The molecule has 0 spiro atoms. The van der Waals surface area contributed by atoms with Gasteiger partial charge in [-0.25, -0.2) is 4.39 Å². The van der Waals surface area contributed by atoms with Crippen molar-refractivity contribution in [2.45, 2.75) is 44.3 Å². The van der Waals surface area contributed by atoms with Gasteiger partial charge >= 0.3 is 0 Å². The van der Waals surface area contributed by atoms with E-state index in [0.717, 1.165) is 58.1 Å². The molecular formula is C33H43FN6O4. The summed E-state index contributed by atoms with van der Waals surface area (Å²) in [5.74, 6) is -0.923. The standard InChI is InChI=1S/C33H43FN6O4/c1-35-37-31(28-5-3-2-4-25(28)23-41)21-24-6-7-30(34)29(20-24)33(43)40-18-16-39(17-19-40)32(42)22-38-14-10-27(11-15-38)44-26-8-12-36-13-9-26/h2-7,20,23,26-27,35-36H,8-19,21-22H2,1H3/b37-31-. The van der Waals surface area contributed by atoms with Crippen LogP contribution < -0.4 is 10.7 Å². The van der Waals surface area contributed by atoms with Gasteiger partial charge in [-0.05, 0) is 56.5 Å². The fourth-order valence-corrected chi connectivity index (χ4v) is 6.26. The highest BCUT2D eigenvalue weighted by Gasteiger charge is 2.29. The maximum absolute atomic E-state index is 14.9. The molecule has 5 rings (SSSR count). The molecule has 11 heteroatoms. The SMILES string of the molecule is CN/N=C(/Cc1ccc(F)c(C(=O)N2CCN(C(=O)CN3CCC(OC4CCNCC4)CC3)CC2)c1)c1ccccc1C=O. The minimum Gasteiger partial charge on any atom is -0.375 e. The molecule has 0 unspecified atom stereocenters. The van der Waals surface area contributed by atoms with Crippen molar-refractivity contribution in [1.82, 2.24) is 25.4 Å². The Bertz CT molecular complexity index is 1330. The second-order valence-electron chi connectivity index (χ2n) is 11.7. The van der Waals surface area contributed by atoms with Crippen molar-refractivity contribution in [3.8, 4) is 0 Å². The molecule has 10 nitrogen and oxygen atoms in total. The molecule has 3 aliphatic heterocycles. The second-order valence-corrected chi connectivity index (χ2v) is 11.7. The quantitative estimate of drug-likeness (QED) is 0.243. The molecule has 3 heterocycles. The first-order chi connectivity index (χ1) is 21.4. The number of ether oxygens (including phenoxy) is 1. The van der Waals surface area contributed by atoms with Crippen molar-refractivity contribution in [2.24, 2.45) is 5.10 Å². The number of halogens is 1. The first-order valence-corrected chi connectivity index (χ1v) is 15.7. The third kappa shape index (κ3) is 8.08. The van der Waals surface area contributed by atoms with Crippen LogP contribution in [0.4, 0.5) is 4.39 Å². The lowest BCUT2D eigenvalue weighted by Crippen LogP contribution is -2.53. The molecule has 0 aliphatic carbocycles. The molecule has 0 saturated carbocycles. The average Bonchev–Trinajstić information content (AvgIpc) is 3.06. The molecule has 2 aromatic carbocycles. The molecule has 236 valence electrons. The van der Waals surface area contributed by atoms with Crippen molar-refractivity contribution in [3.63, 3.8) is 0 Å². The number of aldehydes is 1. The molecule has 3 fully saturated rings. The van der Waals surface area contributed by atoms with Gasteiger partial charge in [-0.1, -0.05) is 30.3 Å². The zero-order valence-corrected chi connectivity index (χ0v) is 25.5. The van der Waals surface area contributed by atoms with Gasteiger partial charge in [0.2, 0.25) is 5.91 Å². The number of carbonyl (C=O) groups excluding carboxylic acids is 3. The zero-order chi connectivity index (χ0) is 30.9. The lowest BCUT2D eigenvalue weighted by atomic mass is 9.97. The van der Waals surface area contributed by atoms with Gasteiger partial charge in [0, 0.05) is 63.9 Å². The highest BCUT2D eigenvalue weighted by atomic mass is 19.1. The Labute approximate surface area is 258 Å². The first-order valence-electron chi connectivity index (χ1n) is 15.7. The number of hydrogen-bond acceptors (Lipinski definition) is 8. The summed E-state index contributed by atoms with van der Waals surface area (Å²) in [7, 11) is 1.67. The summed E-state index contributed by atoms with van der Waals surface area (Å²) in [5, 5.41) is 7.72. The Morgan fingerprint density at radius 2 is 1.64 bits per heavy atom. The van der Waals surface area contributed by atoms with E-state index in [1.165, 1.54) is 6.07 Å². The topological polar surface area (TPSA) is 107 Å². The van der Waals surface area contributed by atoms with E-state index in [-0.39, 0.29) is 17.6 Å². The molecule has 2 aromatic rings. The van der Waals surface area contributed by atoms with Gasteiger partial charge in [-0.2, -0.15) is 5.10 Å². The molecule has 44 heavy (non-hydrogen) atoms. The van der Waals surface area contributed by atoms with Crippen LogP contribution in [0.1, 0.15) is 57.5 Å². The van der Waals surface area contributed by atoms with Crippen LogP contribution in [0.5, 0.6) is 0 Å². The number of hydrogen-bond donors (Lipinski definition) is 2.